The number of morpholine rings is 1. The Labute approximate surface area is 168 Å². The lowest BCUT2D eigenvalue weighted by atomic mass is 10.2. The number of aromatic nitrogens is 5. The summed E-state index contributed by atoms with van der Waals surface area (Å²) in [6, 6.07) is 13.3. The van der Waals surface area contributed by atoms with Crippen molar-refractivity contribution in [1.29, 1.82) is 0 Å². The quantitative estimate of drug-likeness (QED) is 0.623. The molecule has 150 valence electrons. The van der Waals surface area contributed by atoms with Crippen LogP contribution in [0.5, 0.6) is 5.75 Å². The Hall–Kier alpha value is -3.33. The first-order chi connectivity index (χ1) is 14.2. The van der Waals surface area contributed by atoms with Crippen LogP contribution in [0, 0.1) is 6.92 Å². The maximum atomic E-state index is 12.7. The molecule has 3 aromatic rings. The molecule has 1 unspecified atom stereocenters. The highest BCUT2D eigenvalue weighted by molar-refractivity contribution is 5.76. The number of rotatable bonds is 6. The molecule has 0 bridgehead atoms. The smallest absolute Gasteiger partial charge is 0.246 e. The van der Waals surface area contributed by atoms with Crippen LogP contribution in [-0.4, -0.2) is 68.4 Å². The van der Waals surface area contributed by atoms with Crippen molar-refractivity contribution in [2.45, 2.75) is 19.6 Å². The molecule has 2 aromatic heterocycles. The van der Waals surface area contributed by atoms with Crippen molar-refractivity contribution in [3.8, 4) is 17.1 Å². The fraction of sp³-hybridized carbons (Fsp3) is 0.350. The molecule has 0 radical (unpaired) electrons. The summed E-state index contributed by atoms with van der Waals surface area (Å²) in [6.07, 6.45) is 1.49. The average Bonchev–Trinajstić information content (AvgIpc) is 3.23. The highest BCUT2D eigenvalue weighted by Gasteiger charge is 2.25. The summed E-state index contributed by atoms with van der Waals surface area (Å²) in [6.45, 7) is 3.76. The summed E-state index contributed by atoms with van der Waals surface area (Å²) in [7, 11) is 0. The van der Waals surface area contributed by atoms with Gasteiger partial charge in [0.1, 0.15) is 25.0 Å². The zero-order chi connectivity index (χ0) is 20.1. The monoisotopic (exact) mass is 394 g/mol. The zero-order valence-electron chi connectivity index (χ0n) is 16.1. The number of amides is 1. The molecule has 0 saturated carbocycles. The lowest BCUT2D eigenvalue weighted by Crippen LogP contribution is -2.48. The zero-order valence-corrected chi connectivity index (χ0v) is 16.1. The van der Waals surface area contributed by atoms with Gasteiger partial charge in [-0.2, -0.15) is 4.80 Å². The maximum Gasteiger partial charge on any atom is 0.246 e. The van der Waals surface area contributed by atoms with E-state index in [0.717, 1.165) is 11.3 Å². The van der Waals surface area contributed by atoms with Crippen LogP contribution in [0.3, 0.4) is 0 Å². The molecule has 1 amide bonds. The standard InChI is InChI=1S/C20H22N6O3/c1-15-7-8-17(11-21-15)29-14-18-12-25(9-10-28-18)19(27)13-26-23-20(22-24-26)16-5-3-2-4-6-16/h2-8,11,18H,9-10,12-14H2,1H3. The van der Waals surface area contributed by atoms with E-state index in [2.05, 4.69) is 20.4 Å². The molecule has 0 spiro atoms. The van der Waals surface area contributed by atoms with E-state index < -0.39 is 0 Å². The Balaban J connectivity index is 1.30. The molecule has 1 aliphatic rings. The normalized spacial score (nSPS) is 16.6. The van der Waals surface area contributed by atoms with Crippen molar-refractivity contribution in [3.05, 3.63) is 54.4 Å². The SMILES string of the molecule is Cc1ccc(OCC2CN(C(=O)Cn3nnc(-c4ccccc4)n3)CCO2)cn1. The summed E-state index contributed by atoms with van der Waals surface area (Å²) < 4.78 is 11.5. The molecule has 1 aliphatic heterocycles. The number of carbonyl (C=O) groups excluding carboxylic acids is 1. The summed E-state index contributed by atoms with van der Waals surface area (Å²) in [5, 5.41) is 12.3. The van der Waals surface area contributed by atoms with Gasteiger partial charge in [0, 0.05) is 17.8 Å². The Morgan fingerprint density at radius 3 is 2.90 bits per heavy atom. The highest BCUT2D eigenvalue weighted by atomic mass is 16.5. The molecule has 4 rings (SSSR count). The molecule has 1 saturated heterocycles. The van der Waals surface area contributed by atoms with E-state index in [1.165, 1.54) is 4.80 Å². The number of hydrogen-bond donors (Lipinski definition) is 0. The number of nitrogens with zero attached hydrogens (tertiary/aromatic N) is 6. The van der Waals surface area contributed by atoms with Crippen LogP contribution >= 0.6 is 0 Å². The third-order valence-corrected chi connectivity index (χ3v) is 4.57. The van der Waals surface area contributed by atoms with Crippen molar-refractivity contribution >= 4 is 5.91 Å². The van der Waals surface area contributed by atoms with Gasteiger partial charge in [-0.3, -0.25) is 9.78 Å². The van der Waals surface area contributed by atoms with Crippen LogP contribution in [0.2, 0.25) is 0 Å². The van der Waals surface area contributed by atoms with Crippen LogP contribution in [0.15, 0.2) is 48.7 Å². The lowest BCUT2D eigenvalue weighted by Gasteiger charge is -2.32. The molecule has 9 nitrogen and oxygen atoms in total. The number of hydrogen-bond acceptors (Lipinski definition) is 7. The van der Waals surface area contributed by atoms with Gasteiger partial charge >= 0.3 is 0 Å². The number of carbonyl (C=O) groups is 1. The molecular weight excluding hydrogens is 372 g/mol. The molecule has 1 aromatic carbocycles. The minimum Gasteiger partial charge on any atom is -0.489 e. The van der Waals surface area contributed by atoms with E-state index >= 15 is 0 Å². The minimum atomic E-state index is -0.197. The largest absolute Gasteiger partial charge is 0.489 e. The summed E-state index contributed by atoms with van der Waals surface area (Å²) in [5.41, 5.74) is 1.79. The molecule has 1 atom stereocenters. The van der Waals surface area contributed by atoms with E-state index in [4.69, 9.17) is 9.47 Å². The van der Waals surface area contributed by atoms with Gasteiger partial charge in [-0.15, -0.1) is 10.2 Å². The van der Waals surface area contributed by atoms with Gasteiger partial charge in [0.05, 0.1) is 19.3 Å². The summed E-state index contributed by atoms with van der Waals surface area (Å²) in [5.74, 6) is 1.11. The maximum absolute atomic E-state index is 12.7. The Kier molecular flexibility index (Phi) is 5.76. The summed E-state index contributed by atoms with van der Waals surface area (Å²) >= 11 is 0. The predicted octanol–water partition coefficient (Wildman–Crippen LogP) is 1.35. The van der Waals surface area contributed by atoms with Crippen molar-refractivity contribution in [3.63, 3.8) is 0 Å². The van der Waals surface area contributed by atoms with Crippen LogP contribution in [0.25, 0.3) is 11.4 Å². The first-order valence-electron chi connectivity index (χ1n) is 9.45. The van der Waals surface area contributed by atoms with Crippen LogP contribution < -0.4 is 4.74 Å². The number of ether oxygens (including phenoxy) is 2. The predicted molar refractivity (Wildman–Crippen MR) is 104 cm³/mol. The van der Waals surface area contributed by atoms with Gasteiger partial charge in [-0.25, -0.2) is 0 Å². The number of aryl methyl sites for hydroxylation is 1. The Morgan fingerprint density at radius 2 is 2.10 bits per heavy atom. The number of tetrazole rings is 1. The van der Waals surface area contributed by atoms with Gasteiger partial charge in [-0.1, -0.05) is 30.3 Å². The molecule has 0 N–H and O–H groups in total. The topological polar surface area (TPSA) is 95.3 Å². The average molecular weight is 394 g/mol. The van der Waals surface area contributed by atoms with Crippen molar-refractivity contribution in [2.75, 3.05) is 26.3 Å². The third kappa shape index (κ3) is 4.94. The van der Waals surface area contributed by atoms with Crippen molar-refractivity contribution < 1.29 is 14.3 Å². The Morgan fingerprint density at radius 1 is 1.24 bits per heavy atom. The van der Waals surface area contributed by atoms with Crippen molar-refractivity contribution in [2.24, 2.45) is 0 Å². The summed E-state index contributed by atoms with van der Waals surface area (Å²) in [4.78, 5) is 19.9. The first-order valence-corrected chi connectivity index (χ1v) is 9.45. The van der Waals surface area contributed by atoms with Crippen LogP contribution in [-0.2, 0) is 16.1 Å². The molecule has 1 fully saturated rings. The third-order valence-electron chi connectivity index (χ3n) is 4.57. The van der Waals surface area contributed by atoms with E-state index in [0.29, 0.717) is 37.9 Å². The first kappa shape index (κ1) is 19.0. The number of pyridine rings is 1. The molecule has 0 aliphatic carbocycles. The fourth-order valence-electron chi connectivity index (χ4n) is 3.01. The molecule has 29 heavy (non-hydrogen) atoms. The molecule has 9 heteroatoms. The van der Waals surface area contributed by atoms with Crippen LogP contribution in [0.4, 0.5) is 0 Å². The van der Waals surface area contributed by atoms with Gasteiger partial charge in [0.25, 0.3) is 0 Å². The van der Waals surface area contributed by atoms with Crippen molar-refractivity contribution in [1.82, 2.24) is 30.1 Å². The van der Waals surface area contributed by atoms with E-state index in [9.17, 15) is 4.79 Å². The molecular formula is C20H22N6O3. The van der Waals surface area contributed by atoms with Crippen LogP contribution in [0.1, 0.15) is 5.69 Å². The van der Waals surface area contributed by atoms with Gasteiger partial charge < -0.3 is 14.4 Å². The lowest BCUT2D eigenvalue weighted by molar-refractivity contribution is -0.141. The van der Waals surface area contributed by atoms with Gasteiger partial charge in [0.2, 0.25) is 11.7 Å². The number of benzene rings is 1. The van der Waals surface area contributed by atoms with Gasteiger partial charge in [-0.05, 0) is 24.3 Å². The Bertz CT molecular complexity index is 944. The second kappa shape index (κ2) is 8.78. The molecule has 3 heterocycles. The van der Waals surface area contributed by atoms with E-state index in [1.807, 2.05) is 49.4 Å². The fourth-order valence-corrected chi connectivity index (χ4v) is 3.01. The minimum absolute atomic E-state index is 0.0370. The van der Waals surface area contributed by atoms with E-state index in [1.54, 1.807) is 11.1 Å². The highest BCUT2D eigenvalue weighted by Crippen LogP contribution is 2.13. The van der Waals surface area contributed by atoms with Gasteiger partial charge in [0.15, 0.2) is 0 Å². The second-order valence-electron chi connectivity index (χ2n) is 6.79. The van der Waals surface area contributed by atoms with E-state index in [-0.39, 0.29) is 18.6 Å². The second-order valence-corrected chi connectivity index (χ2v) is 6.79.